The number of aliphatic hydroxyl groups is 1. The van der Waals surface area contributed by atoms with E-state index in [-0.39, 0.29) is 30.6 Å². The van der Waals surface area contributed by atoms with Gasteiger partial charge in [-0.15, -0.1) is 10.2 Å². The number of carbonyl (C=O) groups is 3. The van der Waals surface area contributed by atoms with Crippen molar-refractivity contribution in [2.45, 2.75) is 19.1 Å². The van der Waals surface area contributed by atoms with Crippen molar-refractivity contribution < 1.29 is 29.3 Å². The fraction of sp³-hybridized carbons (Fsp3) is 0.615. The van der Waals surface area contributed by atoms with Crippen molar-refractivity contribution in [3.8, 4) is 0 Å². The second kappa shape index (κ2) is 8.13. The van der Waals surface area contributed by atoms with Crippen LogP contribution in [0.3, 0.4) is 0 Å². The second-order valence-electron chi connectivity index (χ2n) is 5.32. The van der Waals surface area contributed by atoms with E-state index in [1.54, 1.807) is 12.0 Å². The topological polar surface area (TPSA) is 133 Å². The van der Waals surface area contributed by atoms with E-state index < -0.39 is 6.10 Å². The maximum absolute atomic E-state index is 12.2. The summed E-state index contributed by atoms with van der Waals surface area (Å²) in [5.41, 5.74) is 0. The molecule has 2 fully saturated rings. The molecule has 1 atom stereocenters. The molecule has 24 heavy (non-hydrogen) atoms. The van der Waals surface area contributed by atoms with Crippen LogP contribution in [0.25, 0.3) is 0 Å². The fourth-order valence-electron chi connectivity index (χ4n) is 2.49. The smallest absolute Gasteiger partial charge is 0.290 e. The molecule has 3 heterocycles. The minimum absolute atomic E-state index is 0.0715. The summed E-state index contributed by atoms with van der Waals surface area (Å²) >= 11 is 1.29. The summed E-state index contributed by atoms with van der Waals surface area (Å²) in [5.74, 6) is -0.549. The van der Waals surface area contributed by atoms with E-state index in [2.05, 4.69) is 10.2 Å². The summed E-state index contributed by atoms with van der Waals surface area (Å²) in [5, 5.41) is 25.3. The summed E-state index contributed by atoms with van der Waals surface area (Å²) < 4.78 is 4.97. The molecular formula is C13H18N4O6S. The number of hydrogen-bond acceptors (Lipinski definition) is 8. The number of aromatic nitrogens is 2. The van der Waals surface area contributed by atoms with E-state index in [1.807, 2.05) is 0 Å². The Morgan fingerprint density at radius 2 is 2.08 bits per heavy atom. The predicted octanol–water partition coefficient (Wildman–Crippen LogP) is -1.06. The van der Waals surface area contributed by atoms with Gasteiger partial charge in [-0.2, -0.15) is 0 Å². The highest BCUT2D eigenvalue weighted by Crippen LogP contribution is 2.29. The third-order valence-corrected chi connectivity index (χ3v) is 4.52. The first-order chi connectivity index (χ1) is 11.5. The summed E-state index contributed by atoms with van der Waals surface area (Å²) in [6, 6.07) is 0. The zero-order valence-electron chi connectivity index (χ0n) is 13.0. The van der Waals surface area contributed by atoms with Gasteiger partial charge in [-0.3, -0.25) is 19.3 Å². The second-order valence-corrected chi connectivity index (χ2v) is 6.36. The molecule has 2 saturated heterocycles. The standard InChI is InChI=1S/C12H16N4O4S.CH2O2/c1-20-6-9-13-14-12(21-9)16-3-7(2-10(16)18)11(19)15-4-8(17)5-15;2-1-3/h7-8,17H,2-6H2,1H3;1H,(H,2,3). The minimum atomic E-state index is -0.429. The first-order valence-corrected chi connectivity index (χ1v) is 7.98. The number of carbonyl (C=O) groups excluding carboxylic acids is 2. The van der Waals surface area contributed by atoms with Crippen LogP contribution in [-0.4, -0.2) is 76.4 Å². The Balaban J connectivity index is 0.000000647. The lowest BCUT2D eigenvalue weighted by Crippen LogP contribution is -2.55. The van der Waals surface area contributed by atoms with Gasteiger partial charge in [-0.25, -0.2) is 0 Å². The van der Waals surface area contributed by atoms with Gasteiger partial charge in [-0.1, -0.05) is 11.3 Å². The molecule has 0 saturated carbocycles. The van der Waals surface area contributed by atoms with Crippen LogP contribution in [0.2, 0.25) is 0 Å². The number of methoxy groups -OCH3 is 1. The molecule has 0 spiro atoms. The van der Waals surface area contributed by atoms with Gasteiger partial charge in [0.1, 0.15) is 11.6 Å². The Morgan fingerprint density at radius 3 is 2.67 bits per heavy atom. The van der Waals surface area contributed by atoms with Gasteiger partial charge in [0.15, 0.2) is 0 Å². The van der Waals surface area contributed by atoms with Crippen LogP contribution < -0.4 is 4.90 Å². The average molecular weight is 358 g/mol. The number of aliphatic hydroxyl groups excluding tert-OH is 1. The summed E-state index contributed by atoms with van der Waals surface area (Å²) in [4.78, 5) is 35.7. The van der Waals surface area contributed by atoms with Gasteiger partial charge in [0.2, 0.25) is 16.9 Å². The fourth-order valence-corrected chi connectivity index (χ4v) is 3.32. The maximum atomic E-state index is 12.2. The van der Waals surface area contributed by atoms with E-state index in [1.165, 1.54) is 16.2 Å². The van der Waals surface area contributed by atoms with Crippen molar-refractivity contribution in [3.05, 3.63) is 5.01 Å². The van der Waals surface area contributed by atoms with Gasteiger partial charge in [0, 0.05) is 33.2 Å². The zero-order chi connectivity index (χ0) is 17.7. The Labute approximate surface area is 141 Å². The molecule has 2 N–H and O–H groups in total. The first-order valence-electron chi connectivity index (χ1n) is 7.16. The van der Waals surface area contributed by atoms with E-state index in [0.717, 1.165) is 0 Å². The third-order valence-electron chi connectivity index (χ3n) is 3.60. The first kappa shape index (κ1) is 18.2. The Hall–Kier alpha value is -2.11. The number of likely N-dealkylation sites (tertiary alicyclic amines) is 1. The van der Waals surface area contributed by atoms with Crippen molar-refractivity contribution in [2.75, 3.05) is 31.6 Å². The molecule has 2 aliphatic rings. The number of rotatable bonds is 4. The SMILES string of the molecule is COCc1nnc(N2CC(C(=O)N3CC(O)C3)CC2=O)s1.O=CO. The molecule has 1 aromatic heterocycles. The van der Waals surface area contributed by atoms with Crippen LogP contribution in [0, 0.1) is 5.92 Å². The molecule has 11 heteroatoms. The molecule has 2 amide bonds. The van der Waals surface area contributed by atoms with Crippen LogP contribution >= 0.6 is 11.3 Å². The molecule has 0 bridgehead atoms. The molecule has 3 rings (SSSR count). The number of hydrogen-bond donors (Lipinski definition) is 2. The normalized spacial score (nSPS) is 20.4. The van der Waals surface area contributed by atoms with Crippen LogP contribution in [0.4, 0.5) is 5.13 Å². The highest BCUT2D eigenvalue weighted by atomic mass is 32.1. The van der Waals surface area contributed by atoms with E-state index in [4.69, 9.17) is 14.6 Å². The number of amides is 2. The van der Waals surface area contributed by atoms with Crippen LogP contribution in [0.5, 0.6) is 0 Å². The van der Waals surface area contributed by atoms with Crippen LogP contribution in [-0.2, 0) is 25.7 Å². The molecule has 1 aromatic rings. The lowest BCUT2D eigenvalue weighted by Gasteiger charge is -2.37. The molecule has 2 aliphatic heterocycles. The van der Waals surface area contributed by atoms with Gasteiger partial charge in [-0.05, 0) is 0 Å². The summed E-state index contributed by atoms with van der Waals surface area (Å²) in [6.07, 6.45) is -0.244. The van der Waals surface area contributed by atoms with E-state index in [0.29, 0.717) is 36.4 Å². The van der Waals surface area contributed by atoms with Crippen molar-refractivity contribution in [1.29, 1.82) is 0 Å². The number of ether oxygens (including phenoxy) is 1. The highest BCUT2D eigenvalue weighted by Gasteiger charge is 2.41. The lowest BCUT2D eigenvalue weighted by molar-refractivity contribution is -0.145. The lowest BCUT2D eigenvalue weighted by atomic mass is 10.0. The molecule has 0 aliphatic carbocycles. The number of anilines is 1. The summed E-state index contributed by atoms with van der Waals surface area (Å²) in [7, 11) is 1.57. The minimum Gasteiger partial charge on any atom is -0.483 e. The highest BCUT2D eigenvalue weighted by molar-refractivity contribution is 7.15. The largest absolute Gasteiger partial charge is 0.483 e. The summed E-state index contributed by atoms with van der Waals surface area (Å²) in [6.45, 7) is 1.15. The van der Waals surface area contributed by atoms with Crippen molar-refractivity contribution >= 4 is 34.8 Å². The third kappa shape index (κ3) is 4.04. The molecule has 0 radical (unpaired) electrons. The van der Waals surface area contributed by atoms with Crippen LogP contribution in [0.1, 0.15) is 11.4 Å². The van der Waals surface area contributed by atoms with Gasteiger partial charge >= 0.3 is 0 Å². The number of carboxylic acid groups (broad SMARTS) is 1. The molecule has 1 unspecified atom stereocenters. The average Bonchev–Trinajstić information content (AvgIpc) is 3.11. The van der Waals surface area contributed by atoms with Crippen molar-refractivity contribution in [2.24, 2.45) is 5.92 Å². The predicted molar refractivity (Wildman–Crippen MR) is 82.4 cm³/mol. The maximum Gasteiger partial charge on any atom is 0.290 e. The number of nitrogens with zero attached hydrogens (tertiary/aromatic N) is 4. The van der Waals surface area contributed by atoms with E-state index in [9.17, 15) is 14.7 Å². The van der Waals surface area contributed by atoms with Crippen molar-refractivity contribution in [1.82, 2.24) is 15.1 Å². The van der Waals surface area contributed by atoms with E-state index >= 15 is 0 Å². The Morgan fingerprint density at radius 1 is 1.42 bits per heavy atom. The van der Waals surface area contributed by atoms with Gasteiger partial charge in [0.05, 0.1) is 12.0 Å². The molecule has 0 aromatic carbocycles. The monoisotopic (exact) mass is 358 g/mol. The number of β-amino-alcohol motifs (C(OH)–C–C–N with tert-alkyl or cyclic N) is 1. The Kier molecular flexibility index (Phi) is 6.17. The molecule has 10 nitrogen and oxygen atoms in total. The molecular weight excluding hydrogens is 340 g/mol. The van der Waals surface area contributed by atoms with Crippen molar-refractivity contribution in [3.63, 3.8) is 0 Å². The Bertz CT molecular complexity index is 603. The molecule has 132 valence electrons. The van der Waals surface area contributed by atoms with Gasteiger partial charge < -0.3 is 19.8 Å². The van der Waals surface area contributed by atoms with Crippen LogP contribution in [0.15, 0.2) is 0 Å². The quantitative estimate of drug-likeness (QED) is 0.651. The zero-order valence-corrected chi connectivity index (χ0v) is 13.8. The van der Waals surface area contributed by atoms with Gasteiger partial charge in [0.25, 0.3) is 6.47 Å².